The van der Waals surface area contributed by atoms with Crippen LogP contribution in [-0.4, -0.2) is 47.0 Å². The summed E-state index contributed by atoms with van der Waals surface area (Å²) in [6.07, 6.45) is 9.03. The molecule has 2 aliphatic heterocycles. The third-order valence-corrected chi connectivity index (χ3v) is 7.29. The minimum atomic E-state index is -0.205. The lowest BCUT2D eigenvalue weighted by atomic mass is 9.82. The van der Waals surface area contributed by atoms with Crippen LogP contribution < -0.4 is 5.32 Å². The van der Waals surface area contributed by atoms with Gasteiger partial charge in [0.15, 0.2) is 0 Å². The number of rotatable bonds is 5. The van der Waals surface area contributed by atoms with Crippen molar-refractivity contribution in [2.24, 2.45) is 5.92 Å². The summed E-state index contributed by atoms with van der Waals surface area (Å²) >= 11 is 1.67. The third kappa shape index (κ3) is 3.56. The first-order chi connectivity index (χ1) is 13.2. The van der Waals surface area contributed by atoms with Gasteiger partial charge in [-0.2, -0.15) is 0 Å². The number of likely N-dealkylation sites (tertiary alicyclic amines) is 1. The van der Waals surface area contributed by atoms with Crippen LogP contribution in [0, 0.1) is 5.92 Å². The Labute approximate surface area is 163 Å². The Balaban J connectivity index is 1.28. The average Bonchev–Trinajstić information content (AvgIpc) is 3.16. The highest BCUT2D eigenvalue weighted by atomic mass is 32.1. The number of aromatic nitrogens is 2. The van der Waals surface area contributed by atoms with Gasteiger partial charge in [-0.25, -0.2) is 4.98 Å². The molecule has 2 aromatic rings. The molecular weight excluding hydrogens is 360 g/mol. The molecule has 144 valence electrons. The van der Waals surface area contributed by atoms with E-state index >= 15 is 0 Å². The fraction of sp³-hybridized carbons (Fsp3) is 0.600. The summed E-state index contributed by atoms with van der Waals surface area (Å²) in [6, 6.07) is 2.12. The molecule has 4 heterocycles. The summed E-state index contributed by atoms with van der Waals surface area (Å²) in [5.74, 6) is 0.797. The lowest BCUT2D eigenvalue weighted by Crippen LogP contribution is -2.45. The number of amides is 1. The standard InChI is InChI=1S/C20H26N4O2S/c25-19(22-10-14-1-2-14)18-9-16-17(27-18)3-8-26-20(16)4-6-24(7-5-20)12-15-11-21-13-23-15/h9,11,13-14H,1-8,10,12H2,(H,21,23)(H,22,25). The van der Waals surface area contributed by atoms with E-state index in [-0.39, 0.29) is 11.5 Å². The van der Waals surface area contributed by atoms with Gasteiger partial charge in [-0.3, -0.25) is 9.69 Å². The molecular formula is C20H26N4O2S. The van der Waals surface area contributed by atoms with Crippen LogP contribution >= 0.6 is 11.3 Å². The largest absolute Gasteiger partial charge is 0.370 e. The Morgan fingerprint density at radius 3 is 3.00 bits per heavy atom. The molecule has 1 saturated heterocycles. The van der Waals surface area contributed by atoms with Gasteiger partial charge >= 0.3 is 0 Å². The van der Waals surface area contributed by atoms with E-state index in [1.165, 1.54) is 23.3 Å². The number of imidazole rings is 1. The van der Waals surface area contributed by atoms with Crippen molar-refractivity contribution in [2.75, 3.05) is 26.2 Å². The zero-order chi connectivity index (χ0) is 18.3. The number of carbonyl (C=O) groups excluding carboxylic acids is 1. The normalized spacial score (nSPS) is 21.9. The first-order valence-corrected chi connectivity index (χ1v) is 10.8. The van der Waals surface area contributed by atoms with Crippen LogP contribution in [0.5, 0.6) is 0 Å². The van der Waals surface area contributed by atoms with Crippen molar-refractivity contribution >= 4 is 17.2 Å². The maximum atomic E-state index is 12.5. The van der Waals surface area contributed by atoms with Crippen molar-refractivity contribution in [3.05, 3.63) is 39.6 Å². The predicted molar refractivity (Wildman–Crippen MR) is 104 cm³/mol. The molecule has 0 bridgehead atoms. The molecule has 0 radical (unpaired) electrons. The van der Waals surface area contributed by atoms with Crippen molar-refractivity contribution in [1.29, 1.82) is 0 Å². The smallest absolute Gasteiger partial charge is 0.261 e. The summed E-state index contributed by atoms with van der Waals surface area (Å²) in [6.45, 7) is 4.49. The molecule has 3 aliphatic rings. The van der Waals surface area contributed by atoms with E-state index < -0.39 is 0 Å². The Morgan fingerprint density at radius 2 is 2.26 bits per heavy atom. The maximum absolute atomic E-state index is 12.5. The van der Waals surface area contributed by atoms with Crippen LogP contribution in [0.4, 0.5) is 0 Å². The van der Waals surface area contributed by atoms with Gasteiger partial charge in [0.2, 0.25) is 0 Å². The summed E-state index contributed by atoms with van der Waals surface area (Å²) in [5, 5.41) is 3.11. The van der Waals surface area contributed by atoms with Crippen molar-refractivity contribution < 1.29 is 9.53 Å². The topological polar surface area (TPSA) is 70.2 Å². The van der Waals surface area contributed by atoms with E-state index in [9.17, 15) is 4.79 Å². The highest BCUT2D eigenvalue weighted by molar-refractivity contribution is 7.14. The number of hydrogen-bond donors (Lipinski definition) is 2. The van der Waals surface area contributed by atoms with E-state index in [1.54, 1.807) is 17.7 Å². The number of nitrogens with zero attached hydrogens (tertiary/aromatic N) is 2. The molecule has 27 heavy (non-hydrogen) atoms. The number of thiophene rings is 1. The van der Waals surface area contributed by atoms with Gasteiger partial charge in [0.25, 0.3) is 5.91 Å². The van der Waals surface area contributed by atoms with E-state index in [2.05, 4.69) is 26.3 Å². The minimum absolute atomic E-state index is 0.0909. The summed E-state index contributed by atoms with van der Waals surface area (Å²) in [7, 11) is 0. The molecule has 1 saturated carbocycles. The maximum Gasteiger partial charge on any atom is 0.261 e. The molecule has 2 fully saturated rings. The molecule has 2 N–H and O–H groups in total. The van der Waals surface area contributed by atoms with E-state index in [0.717, 1.165) is 62.6 Å². The number of H-pyrrole nitrogens is 1. The second kappa shape index (κ2) is 7.04. The molecule has 0 unspecified atom stereocenters. The van der Waals surface area contributed by atoms with E-state index in [0.29, 0.717) is 5.92 Å². The summed E-state index contributed by atoms with van der Waals surface area (Å²) in [4.78, 5) is 24.5. The van der Waals surface area contributed by atoms with Crippen LogP contribution in [0.15, 0.2) is 18.6 Å². The lowest BCUT2D eigenvalue weighted by molar-refractivity contribution is -0.0981. The summed E-state index contributed by atoms with van der Waals surface area (Å²) < 4.78 is 6.35. The van der Waals surface area contributed by atoms with Gasteiger partial charge in [0, 0.05) is 49.4 Å². The molecule has 2 aromatic heterocycles. The summed E-state index contributed by atoms with van der Waals surface area (Å²) in [5.41, 5.74) is 2.22. The first-order valence-electron chi connectivity index (χ1n) is 9.97. The number of hydrogen-bond acceptors (Lipinski definition) is 5. The third-order valence-electron chi connectivity index (χ3n) is 6.09. The Hall–Kier alpha value is -1.70. The second-order valence-electron chi connectivity index (χ2n) is 8.05. The van der Waals surface area contributed by atoms with Crippen LogP contribution in [0.1, 0.15) is 51.5 Å². The molecule has 1 aliphatic carbocycles. The molecule has 0 atom stereocenters. The van der Waals surface area contributed by atoms with Crippen LogP contribution in [-0.2, 0) is 23.3 Å². The zero-order valence-corrected chi connectivity index (χ0v) is 16.3. The Morgan fingerprint density at radius 1 is 1.41 bits per heavy atom. The van der Waals surface area contributed by atoms with Gasteiger partial charge < -0.3 is 15.0 Å². The van der Waals surface area contributed by atoms with E-state index in [1.807, 2.05) is 6.20 Å². The molecule has 5 rings (SSSR count). The number of carbonyl (C=O) groups is 1. The average molecular weight is 387 g/mol. The van der Waals surface area contributed by atoms with Crippen LogP contribution in [0.25, 0.3) is 0 Å². The highest BCUT2D eigenvalue weighted by Crippen LogP contribution is 2.44. The SMILES string of the molecule is O=C(NCC1CC1)c1cc2c(s1)CCOC21CCN(Cc2cnc[nH]2)CC1. The Kier molecular flexibility index (Phi) is 4.53. The minimum Gasteiger partial charge on any atom is -0.370 e. The van der Waals surface area contributed by atoms with Gasteiger partial charge in [-0.05, 0) is 43.2 Å². The Bertz CT molecular complexity index is 804. The van der Waals surface area contributed by atoms with Gasteiger partial charge in [0.1, 0.15) is 0 Å². The second-order valence-corrected chi connectivity index (χ2v) is 9.18. The number of piperidine rings is 1. The number of fused-ring (bicyclic) bond motifs is 2. The van der Waals surface area contributed by atoms with Crippen molar-refractivity contribution in [1.82, 2.24) is 20.2 Å². The molecule has 0 aromatic carbocycles. The molecule has 6 nitrogen and oxygen atoms in total. The van der Waals surface area contributed by atoms with Gasteiger partial charge in [-0.1, -0.05) is 0 Å². The van der Waals surface area contributed by atoms with Crippen molar-refractivity contribution in [3.8, 4) is 0 Å². The van der Waals surface area contributed by atoms with Gasteiger partial charge in [-0.15, -0.1) is 11.3 Å². The number of nitrogens with one attached hydrogen (secondary N) is 2. The predicted octanol–water partition coefficient (Wildman–Crippen LogP) is 2.68. The molecule has 1 amide bonds. The van der Waals surface area contributed by atoms with Crippen LogP contribution in [0.3, 0.4) is 0 Å². The number of aromatic amines is 1. The van der Waals surface area contributed by atoms with Crippen LogP contribution in [0.2, 0.25) is 0 Å². The first kappa shape index (κ1) is 17.4. The van der Waals surface area contributed by atoms with Crippen molar-refractivity contribution in [3.63, 3.8) is 0 Å². The monoisotopic (exact) mass is 386 g/mol. The molecule has 1 spiro atoms. The van der Waals surface area contributed by atoms with Crippen molar-refractivity contribution in [2.45, 2.75) is 44.2 Å². The lowest BCUT2D eigenvalue weighted by Gasteiger charge is -2.44. The molecule has 7 heteroatoms. The fourth-order valence-corrected chi connectivity index (χ4v) is 5.42. The van der Waals surface area contributed by atoms with Gasteiger partial charge in [0.05, 0.1) is 23.4 Å². The number of ether oxygens (including phenoxy) is 1. The fourth-order valence-electron chi connectivity index (χ4n) is 4.27. The quantitative estimate of drug-likeness (QED) is 0.829. The highest BCUT2D eigenvalue weighted by Gasteiger charge is 2.42. The van der Waals surface area contributed by atoms with E-state index in [4.69, 9.17) is 4.74 Å². The zero-order valence-electron chi connectivity index (χ0n) is 15.5.